The summed E-state index contributed by atoms with van der Waals surface area (Å²) >= 11 is 1.44. The summed E-state index contributed by atoms with van der Waals surface area (Å²) in [5.41, 5.74) is 8.08. The van der Waals surface area contributed by atoms with Crippen molar-refractivity contribution in [3.8, 4) is 0 Å². The van der Waals surface area contributed by atoms with Crippen LogP contribution in [0.3, 0.4) is 0 Å². The second-order valence-electron chi connectivity index (χ2n) is 9.43. The van der Waals surface area contributed by atoms with E-state index in [1.165, 1.54) is 29.5 Å². The molecule has 0 saturated heterocycles. The molecule has 0 unspecified atom stereocenters. The molecular formula is C31H29FN2O5S. The standard InChI is InChI=1S/C31H29FN2O5S/c1-3-38-30(36)25-20(23-15-10-16-40-23)17-22-26(28(25)35)24(19-13-8-9-14-21(19)32)27(31(37)39-4-2)29(33)34(22)18-11-6-5-7-12-18/h5-16,20,24-25H,3-4,17,33H2,1-2H3/t20-,24+,25+/m1/s1. The summed E-state index contributed by atoms with van der Waals surface area (Å²) in [6.07, 6.45) is 0.238. The summed E-state index contributed by atoms with van der Waals surface area (Å²) in [5, 5.41) is 1.89. The van der Waals surface area contributed by atoms with E-state index in [1.54, 1.807) is 24.8 Å². The Morgan fingerprint density at radius 1 is 1.00 bits per heavy atom. The second-order valence-corrected chi connectivity index (χ2v) is 10.4. The maximum absolute atomic E-state index is 15.5. The zero-order valence-corrected chi connectivity index (χ0v) is 23.0. The first kappa shape index (κ1) is 27.3. The Bertz CT molecular complexity index is 1500. The molecule has 3 aromatic rings. The quantitative estimate of drug-likeness (QED) is 0.305. The number of ether oxygens (including phenoxy) is 2. The van der Waals surface area contributed by atoms with Gasteiger partial charge in [-0.05, 0) is 49.9 Å². The number of nitrogens with zero attached hydrogens (tertiary/aromatic N) is 1. The first-order valence-electron chi connectivity index (χ1n) is 13.1. The van der Waals surface area contributed by atoms with Gasteiger partial charge in [-0.15, -0.1) is 11.3 Å². The summed E-state index contributed by atoms with van der Waals surface area (Å²) in [5.74, 6) is -5.39. The highest BCUT2D eigenvalue weighted by atomic mass is 32.1. The Morgan fingerprint density at radius 3 is 2.35 bits per heavy atom. The molecule has 2 heterocycles. The Kier molecular flexibility index (Phi) is 7.84. The molecule has 40 heavy (non-hydrogen) atoms. The van der Waals surface area contributed by atoms with E-state index in [0.29, 0.717) is 11.4 Å². The number of rotatable bonds is 7. The number of nitrogens with two attached hydrogens (primary N) is 1. The van der Waals surface area contributed by atoms with Crippen LogP contribution in [0.1, 0.15) is 42.5 Å². The van der Waals surface area contributed by atoms with Crippen LogP contribution < -0.4 is 10.6 Å². The molecule has 5 rings (SSSR count). The first-order valence-corrected chi connectivity index (χ1v) is 14.0. The Labute approximate surface area is 235 Å². The topological polar surface area (TPSA) is 98.9 Å². The number of benzene rings is 2. The van der Waals surface area contributed by atoms with Crippen LogP contribution in [-0.2, 0) is 23.9 Å². The lowest BCUT2D eigenvalue weighted by atomic mass is 9.68. The molecule has 0 amide bonds. The SMILES string of the molecule is CCOC(=O)C1=C(N)N(c2ccccc2)C2=C(C(=O)[C@@H](C(=O)OCC)[C@@H](c3cccs3)C2)[C@@H]1c1ccccc1F. The highest BCUT2D eigenvalue weighted by Gasteiger charge is 2.52. The van der Waals surface area contributed by atoms with Gasteiger partial charge < -0.3 is 15.2 Å². The van der Waals surface area contributed by atoms with Gasteiger partial charge in [0.1, 0.15) is 17.6 Å². The number of ketones is 1. The lowest BCUT2D eigenvalue weighted by molar-refractivity contribution is -0.152. The largest absolute Gasteiger partial charge is 0.465 e. The minimum Gasteiger partial charge on any atom is -0.465 e. The molecule has 1 aromatic heterocycles. The van der Waals surface area contributed by atoms with Crippen molar-refractivity contribution in [2.75, 3.05) is 18.1 Å². The number of para-hydroxylation sites is 1. The summed E-state index contributed by atoms with van der Waals surface area (Å²) in [7, 11) is 0. The lowest BCUT2D eigenvalue weighted by Gasteiger charge is -2.43. The predicted molar refractivity (Wildman–Crippen MR) is 150 cm³/mol. The van der Waals surface area contributed by atoms with E-state index in [-0.39, 0.29) is 42.2 Å². The van der Waals surface area contributed by atoms with Crippen molar-refractivity contribution >= 4 is 34.7 Å². The van der Waals surface area contributed by atoms with Gasteiger partial charge in [0.25, 0.3) is 0 Å². The third-order valence-electron chi connectivity index (χ3n) is 7.21. The number of esters is 2. The Hall–Kier alpha value is -4.24. The first-order chi connectivity index (χ1) is 19.4. The van der Waals surface area contributed by atoms with Gasteiger partial charge in [-0.2, -0.15) is 0 Å². The smallest absolute Gasteiger partial charge is 0.338 e. The number of carbonyl (C=O) groups is 3. The normalized spacial score (nSPS) is 20.8. The van der Waals surface area contributed by atoms with E-state index < -0.39 is 41.3 Å². The van der Waals surface area contributed by atoms with Gasteiger partial charge in [-0.25, -0.2) is 9.18 Å². The van der Waals surface area contributed by atoms with Crippen LogP contribution in [0.25, 0.3) is 0 Å². The molecule has 2 aliphatic rings. The number of hydrogen-bond donors (Lipinski definition) is 1. The molecule has 0 bridgehead atoms. The van der Waals surface area contributed by atoms with Crippen LogP contribution in [-0.4, -0.2) is 30.9 Å². The van der Waals surface area contributed by atoms with Crippen LogP contribution in [0.2, 0.25) is 0 Å². The number of halogens is 1. The van der Waals surface area contributed by atoms with Gasteiger partial charge in [0.05, 0.1) is 24.7 Å². The van der Waals surface area contributed by atoms with E-state index in [0.717, 1.165) is 4.88 Å². The molecule has 0 saturated carbocycles. The van der Waals surface area contributed by atoms with E-state index in [2.05, 4.69) is 0 Å². The molecule has 1 aliphatic carbocycles. The molecular weight excluding hydrogens is 531 g/mol. The monoisotopic (exact) mass is 560 g/mol. The molecule has 7 nitrogen and oxygen atoms in total. The van der Waals surface area contributed by atoms with Crippen LogP contribution in [0.15, 0.2) is 94.8 Å². The second kappa shape index (κ2) is 11.5. The molecule has 206 valence electrons. The fourth-order valence-electron chi connectivity index (χ4n) is 5.60. The van der Waals surface area contributed by atoms with Crippen molar-refractivity contribution in [3.05, 3.63) is 111 Å². The van der Waals surface area contributed by atoms with Gasteiger partial charge in [0, 0.05) is 33.3 Å². The summed E-state index contributed by atoms with van der Waals surface area (Å²) < 4.78 is 26.2. The van der Waals surface area contributed by atoms with Crippen molar-refractivity contribution in [1.82, 2.24) is 0 Å². The Balaban J connectivity index is 1.82. The zero-order valence-electron chi connectivity index (χ0n) is 22.1. The van der Waals surface area contributed by atoms with Crippen molar-refractivity contribution in [2.45, 2.75) is 32.1 Å². The van der Waals surface area contributed by atoms with E-state index in [4.69, 9.17) is 15.2 Å². The summed E-state index contributed by atoms with van der Waals surface area (Å²) in [4.78, 5) is 43.9. The molecule has 2 aromatic carbocycles. The van der Waals surface area contributed by atoms with Crippen LogP contribution >= 0.6 is 11.3 Å². The average molecular weight is 561 g/mol. The summed E-state index contributed by atoms with van der Waals surface area (Å²) in [6, 6.07) is 18.8. The number of hydrogen-bond acceptors (Lipinski definition) is 8. The van der Waals surface area contributed by atoms with Crippen LogP contribution in [0.5, 0.6) is 0 Å². The van der Waals surface area contributed by atoms with E-state index in [1.807, 2.05) is 47.8 Å². The predicted octanol–water partition coefficient (Wildman–Crippen LogP) is 5.41. The molecule has 2 N–H and O–H groups in total. The van der Waals surface area contributed by atoms with Crippen LogP contribution in [0, 0.1) is 11.7 Å². The number of Topliss-reactive ketones (excluding diaryl/α,β-unsaturated/α-hetero) is 1. The van der Waals surface area contributed by atoms with Crippen molar-refractivity contribution < 1.29 is 28.2 Å². The van der Waals surface area contributed by atoms with Gasteiger partial charge >= 0.3 is 11.9 Å². The fraction of sp³-hybridized carbons (Fsp3) is 0.258. The van der Waals surface area contributed by atoms with Gasteiger partial charge in [0.2, 0.25) is 0 Å². The van der Waals surface area contributed by atoms with Gasteiger partial charge in [0.15, 0.2) is 5.78 Å². The third-order valence-corrected chi connectivity index (χ3v) is 8.22. The zero-order chi connectivity index (χ0) is 28.4. The molecule has 1 aliphatic heterocycles. The van der Waals surface area contributed by atoms with E-state index >= 15 is 4.39 Å². The minimum atomic E-state index is -1.18. The molecule has 0 radical (unpaired) electrons. The molecule has 0 spiro atoms. The van der Waals surface area contributed by atoms with Gasteiger partial charge in [-0.1, -0.05) is 42.5 Å². The maximum atomic E-state index is 15.5. The number of thiophene rings is 1. The third kappa shape index (κ3) is 4.70. The van der Waals surface area contributed by atoms with Crippen molar-refractivity contribution in [3.63, 3.8) is 0 Å². The number of carbonyl (C=O) groups excluding carboxylic acids is 3. The number of allylic oxidation sites excluding steroid dienone is 2. The Morgan fingerprint density at radius 2 is 1.70 bits per heavy atom. The highest BCUT2D eigenvalue weighted by Crippen LogP contribution is 2.52. The summed E-state index contributed by atoms with van der Waals surface area (Å²) in [6.45, 7) is 3.48. The average Bonchev–Trinajstić information content (AvgIpc) is 3.48. The van der Waals surface area contributed by atoms with Crippen LogP contribution in [0.4, 0.5) is 10.1 Å². The minimum absolute atomic E-state index is 0.0453. The maximum Gasteiger partial charge on any atom is 0.338 e. The molecule has 0 fully saturated rings. The van der Waals surface area contributed by atoms with Crippen molar-refractivity contribution in [2.24, 2.45) is 11.7 Å². The van der Waals surface area contributed by atoms with Crippen molar-refractivity contribution in [1.29, 1.82) is 0 Å². The highest BCUT2D eigenvalue weighted by molar-refractivity contribution is 7.10. The lowest BCUT2D eigenvalue weighted by Crippen LogP contribution is -2.46. The molecule has 3 atom stereocenters. The van der Waals surface area contributed by atoms with E-state index in [9.17, 15) is 14.4 Å². The molecule has 9 heteroatoms. The van der Waals surface area contributed by atoms with Gasteiger partial charge in [-0.3, -0.25) is 14.5 Å². The number of anilines is 1. The fourth-order valence-corrected chi connectivity index (χ4v) is 6.47.